The van der Waals surface area contributed by atoms with Gasteiger partial charge in [0.05, 0.1) is 13.5 Å². The van der Waals surface area contributed by atoms with Crippen molar-refractivity contribution in [2.24, 2.45) is 4.99 Å². The van der Waals surface area contributed by atoms with Crippen molar-refractivity contribution in [1.29, 1.82) is 0 Å². The van der Waals surface area contributed by atoms with Crippen molar-refractivity contribution in [2.75, 3.05) is 20.7 Å². The number of hydrogen-bond donors (Lipinski definition) is 2. The molecule has 118 valence electrons. The third-order valence-corrected chi connectivity index (χ3v) is 2.76. The summed E-state index contributed by atoms with van der Waals surface area (Å²) in [6.07, 6.45) is 0.271. The molecule has 0 atom stereocenters. The highest BCUT2D eigenvalue weighted by Crippen LogP contribution is 2.08. The van der Waals surface area contributed by atoms with Gasteiger partial charge in [0.1, 0.15) is 5.82 Å². The number of aliphatic imine (C=N–C) groups is 1. The number of guanidine groups is 1. The van der Waals surface area contributed by atoms with Crippen molar-refractivity contribution < 1.29 is 13.9 Å². The third-order valence-electron chi connectivity index (χ3n) is 2.76. The topological polar surface area (TPSA) is 62.7 Å². The van der Waals surface area contributed by atoms with Gasteiger partial charge in [-0.15, -0.1) is 24.0 Å². The molecule has 1 aromatic carbocycles. The van der Waals surface area contributed by atoms with Crippen LogP contribution in [-0.2, 0) is 16.1 Å². The van der Waals surface area contributed by atoms with Gasteiger partial charge in [0, 0.05) is 20.1 Å². The first-order valence-electron chi connectivity index (χ1n) is 6.33. The number of ether oxygens (including phenoxy) is 1. The molecule has 5 nitrogen and oxygen atoms in total. The van der Waals surface area contributed by atoms with Crippen LogP contribution in [0.5, 0.6) is 0 Å². The van der Waals surface area contributed by atoms with Gasteiger partial charge in [-0.05, 0) is 24.1 Å². The van der Waals surface area contributed by atoms with Gasteiger partial charge in [-0.3, -0.25) is 9.79 Å². The van der Waals surface area contributed by atoms with Crippen molar-refractivity contribution in [2.45, 2.75) is 19.9 Å². The Labute approximate surface area is 141 Å². The number of carbonyl (C=O) groups is 1. The highest BCUT2D eigenvalue weighted by atomic mass is 127. The molecule has 0 aromatic heterocycles. The van der Waals surface area contributed by atoms with E-state index in [1.54, 1.807) is 26.1 Å². The van der Waals surface area contributed by atoms with E-state index in [4.69, 9.17) is 0 Å². The first-order valence-corrected chi connectivity index (χ1v) is 6.33. The molecule has 0 unspecified atom stereocenters. The number of carbonyl (C=O) groups excluding carboxylic acids is 1. The molecule has 1 rings (SSSR count). The number of aryl methyl sites for hydroxylation is 1. The molecular weight excluding hydrogens is 388 g/mol. The summed E-state index contributed by atoms with van der Waals surface area (Å²) in [6, 6.07) is 4.95. The lowest BCUT2D eigenvalue weighted by Crippen LogP contribution is -2.37. The molecule has 1 aromatic rings. The van der Waals surface area contributed by atoms with Crippen LogP contribution >= 0.6 is 24.0 Å². The summed E-state index contributed by atoms with van der Waals surface area (Å²) in [5.74, 6) is 0.0901. The Morgan fingerprint density at radius 3 is 2.67 bits per heavy atom. The molecule has 21 heavy (non-hydrogen) atoms. The fraction of sp³-hybridized carbons (Fsp3) is 0.429. The van der Waals surface area contributed by atoms with E-state index in [1.165, 1.54) is 13.2 Å². The Hall–Kier alpha value is -1.38. The number of benzene rings is 1. The van der Waals surface area contributed by atoms with E-state index in [0.29, 0.717) is 24.6 Å². The minimum atomic E-state index is -0.276. The van der Waals surface area contributed by atoms with Crippen molar-refractivity contribution in [1.82, 2.24) is 10.6 Å². The lowest BCUT2D eigenvalue weighted by Gasteiger charge is -2.12. The van der Waals surface area contributed by atoms with Crippen molar-refractivity contribution >= 4 is 35.9 Å². The van der Waals surface area contributed by atoms with E-state index in [2.05, 4.69) is 20.4 Å². The summed E-state index contributed by atoms with van der Waals surface area (Å²) in [6.45, 7) is 2.69. The maximum atomic E-state index is 13.1. The van der Waals surface area contributed by atoms with Crippen LogP contribution in [-0.4, -0.2) is 32.6 Å². The Balaban J connectivity index is 0.00000400. The maximum absolute atomic E-state index is 13.1. The molecule has 0 amide bonds. The molecule has 0 heterocycles. The van der Waals surface area contributed by atoms with Gasteiger partial charge < -0.3 is 15.4 Å². The van der Waals surface area contributed by atoms with Crippen LogP contribution in [0.25, 0.3) is 0 Å². The zero-order valence-corrected chi connectivity index (χ0v) is 14.7. The number of nitrogens with zero attached hydrogens (tertiary/aromatic N) is 1. The fourth-order valence-corrected chi connectivity index (χ4v) is 1.61. The lowest BCUT2D eigenvalue weighted by molar-refractivity contribution is -0.140. The highest BCUT2D eigenvalue weighted by Gasteiger charge is 2.03. The minimum absolute atomic E-state index is 0. The maximum Gasteiger partial charge on any atom is 0.307 e. The standard InChI is InChI=1S/C14H20FN3O2.HI/c1-10-8-11(4-5-12(10)15)9-18-14(16-2)17-7-6-13(19)20-3;/h4-5,8H,6-7,9H2,1-3H3,(H2,16,17,18);1H. The number of hydrogen-bond acceptors (Lipinski definition) is 3. The van der Waals surface area contributed by atoms with E-state index in [9.17, 15) is 9.18 Å². The quantitative estimate of drug-likeness (QED) is 0.338. The molecule has 7 heteroatoms. The predicted octanol–water partition coefficient (Wildman–Crippen LogP) is 1.98. The molecule has 0 aliphatic carbocycles. The van der Waals surface area contributed by atoms with Crippen molar-refractivity contribution in [3.63, 3.8) is 0 Å². The van der Waals surface area contributed by atoms with Crippen LogP contribution in [0.15, 0.2) is 23.2 Å². The molecule has 0 aliphatic heterocycles. The second-order valence-corrected chi connectivity index (χ2v) is 4.26. The molecule has 0 saturated heterocycles. The summed E-state index contributed by atoms with van der Waals surface area (Å²) >= 11 is 0. The minimum Gasteiger partial charge on any atom is -0.469 e. The summed E-state index contributed by atoms with van der Waals surface area (Å²) < 4.78 is 17.7. The monoisotopic (exact) mass is 409 g/mol. The predicted molar refractivity (Wildman–Crippen MR) is 91.4 cm³/mol. The first-order chi connectivity index (χ1) is 9.56. The molecule has 0 radical (unpaired) electrons. The number of nitrogens with one attached hydrogen (secondary N) is 2. The largest absolute Gasteiger partial charge is 0.469 e. The summed E-state index contributed by atoms with van der Waals surface area (Å²) in [5, 5.41) is 6.08. The Morgan fingerprint density at radius 1 is 1.38 bits per heavy atom. The van der Waals surface area contributed by atoms with Crippen LogP contribution in [0.3, 0.4) is 0 Å². The number of halogens is 2. The molecule has 0 spiro atoms. The molecule has 0 fully saturated rings. The third kappa shape index (κ3) is 7.26. The Bertz CT molecular complexity index is 495. The smallest absolute Gasteiger partial charge is 0.307 e. The molecular formula is C14H21FIN3O2. The van der Waals surface area contributed by atoms with E-state index < -0.39 is 0 Å². The normalized spacial score (nSPS) is 10.6. The number of rotatable bonds is 5. The van der Waals surface area contributed by atoms with Gasteiger partial charge in [0.25, 0.3) is 0 Å². The van der Waals surface area contributed by atoms with Crippen molar-refractivity contribution in [3.8, 4) is 0 Å². The molecule has 2 N–H and O–H groups in total. The van der Waals surface area contributed by atoms with E-state index >= 15 is 0 Å². The SMILES string of the molecule is CN=C(NCCC(=O)OC)NCc1ccc(F)c(C)c1.I. The highest BCUT2D eigenvalue weighted by molar-refractivity contribution is 14.0. The summed E-state index contributed by atoms with van der Waals surface area (Å²) in [4.78, 5) is 15.0. The van der Waals surface area contributed by atoms with Gasteiger partial charge >= 0.3 is 5.97 Å². The number of esters is 1. The second-order valence-electron chi connectivity index (χ2n) is 4.26. The Kier molecular flexibility index (Phi) is 9.68. The second kappa shape index (κ2) is 10.4. The van der Waals surface area contributed by atoms with Gasteiger partial charge in [-0.25, -0.2) is 4.39 Å². The van der Waals surface area contributed by atoms with Crippen LogP contribution < -0.4 is 10.6 Å². The average molecular weight is 409 g/mol. The average Bonchev–Trinajstić information content (AvgIpc) is 2.45. The lowest BCUT2D eigenvalue weighted by atomic mass is 10.1. The van der Waals surface area contributed by atoms with Gasteiger partial charge in [-0.2, -0.15) is 0 Å². The summed E-state index contributed by atoms with van der Waals surface area (Å²) in [7, 11) is 3.00. The molecule has 0 bridgehead atoms. The fourth-order valence-electron chi connectivity index (χ4n) is 1.61. The van der Waals surface area contributed by atoms with Gasteiger partial charge in [0.15, 0.2) is 5.96 Å². The zero-order chi connectivity index (χ0) is 15.0. The van der Waals surface area contributed by atoms with Gasteiger partial charge in [0.2, 0.25) is 0 Å². The van der Waals surface area contributed by atoms with Gasteiger partial charge in [-0.1, -0.05) is 12.1 Å². The van der Waals surface area contributed by atoms with E-state index in [-0.39, 0.29) is 42.2 Å². The van der Waals surface area contributed by atoms with Crippen LogP contribution in [0.4, 0.5) is 4.39 Å². The van der Waals surface area contributed by atoms with E-state index in [1.807, 2.05) is 0 Å². The zero-order valence-electron chi connectivity index (χ0n) is 12.4. The van der Waals surface area contributed by atoms with Crippen LogP contribution in [0.1, 0.15) is 17.5 Å². The first kappa shape index (κ1) is 19.6. The van der Waals surface area contributed by atoms with Crippen LogP contribution in [0.2, 0.25) is 0 Å². The summed E-state index contributed by atoms with van der Waals surface area (Å²) in [5.41, 5.74) is 1.57. The van der Waals surface area contributed by atoms with Crippen molar-refractivity contribution in [3.05, 3.63) is 35.1 Å². The molecule has 0 aliphatic rings. The molecule has 0 saturated carbocycles. The van der Waals surface area contributed by atoms with Crippen LogP contribution in [0, 0.1) is 12.7 Å². The number of methoxy groups -OCH3 is 1. The van der Waals surface area contributed by atoms with E-state index in [0.717, 1.165) is 5.56 Å². The Morgan fingerprint density at radius 2 is 2.10 bits per heavy atom.